The summed E-state index contributed by atoms with van der Waals surface area (Å²) in [6, 6.07) is 0. The molecule has 0 saturated heterocycles. The Hall–Kier alpha value is 0.766. The minimum absolute atomic E-state index is 0. The van der Waals surface area contributed by atoms with E-state index in [1.807, 2.05) is 0 Å². The van der Waals surface area contributed by atoms with E-state index in [1.54, 1.807) is 0 Å². The maximum atomic E-state index is 2.18. The molecule has 0 aliphatic carbocycles. The van der Waals surface area contributed by atoms with Gasteiger partial charge in [-0.3, -0.25) is 0 Å². The fourth-order valence-electron chi connectivity index (χ4n) is 0. The average molecular weight is 84.4 g/mol. The van der Waals surface area contributed by atoms with Gasteiger partial charge in [0.2, 0.25) is 0 Å². The molecule has 0 aliphatic rings. The third kappa shape index (κ3) is 11.7. The number of hydrogen-bond donors (Lipinski definition) is 0. The molecule has 0 unspecified atom stereocenters. The molecule has 0 aromatic heterocycles. The molecule has 0 amide bonds. The minimum Gasteiger partial charge on any atom is -0.0654 e. The smallest absolute Gasteiger partial charge is 0.0654 e. The summed E-state index contributed by atoms with van der Waals surface area (Å²) in [4.78, 5) is 0. The Morgan fingerprint density at radius 1 is 1.00 bits per heavy atom. The molecule has 0 nitrogen and oxygen atoms in total. The van der Waals surface area contributed by atoms with Gasteiger partial charge >= 0.3 is 23.1 Å². The number of unbranched alkanes of at least 4 members (excludes halogenated alkanes) is 1. The summed E-state index contributed by atoms with van der Waals surface area (Å²) in [6.45, 7) is 4.36. The van der Waals surface area contributed by atoms with Crippen LogP contribution in [-0.2, 0) is 0 Å². The van der Waals surface area contributed by atoms with Gasteiger partial charge in [0, 0.05) is 0 Å². The fraction of sp³-hybridized carbons (Fsp3) is 1.00. The van der Waals surface area contributed by atoms with Crippen molar-refractivity contribution in [3.63, 3.8) is 0 Å². The van der Waals surface area contributed by atoms with E-state index in [0.717, 1.165) is 0 Å². The quantitative estimate of drug-likeness (QED) is 0.414. The fourth-order valence-corrected chi connectivity index (χ4v) is 0. The second-order valence-electron chi connectivity index (χ2n) is 1.000. The summed E-state index contributed by atoms with van der Waals surface area (Å²) in [7, 11) is 0. The Balaban J connectivity index is 0. The van der Waals surface area contributed by atoms with Crippen LogP contribution in [0, 0.1) is 0 Å². The van der Waals surface area contributed by atoms with E-state index < -0.39 is 0 Å². The van der Waals surface area contributed by atoms with Crippen LogP contribution in [0.15, 0.2) is 0 Å². The first-order valence-corrected chi connectivity index (χ1v) is 1.91. The van der Waals surface area contributed by atoms with Crippen LogP contribution in [0.5, 0.6) is 0 Å². The van der Waals surface area contributed by atoms with Gasteiger partial charge in [0.25, 0.3) is 0 Å². The Morgan fingerprint density at radius 3 is 1.20 bits per heavy atom. The van der Waals surface area contributed by atoms with Crippen molar-refractivity contribution >= 4 is 23.1 Å². The first-order chi connectivity index (χ1) is 1.91. The van der Waals surface area contributed by atoms with Crippen LogP contribution in [0.25, 0.3) is 0 Å². The summed E-state index contributed by atoms with van der Waals surface area (Å²) < 4.78 is 0. The third-order valence-corrected chi connectivity index (χ3v) is 0.500. The Kier molecular flexibility index (Phi) is 16.3. The Labute approximate surface area is 50.1 Å². The molecule has 0 saturated carbocycles. The molecule has 30 valence electrons. The van der Waals surface area contributed by atoms with Crippen molar-refractivity contribution in [1.82, 2.24) is 0 Å². The molecule has 1 heteroatoms. The molecule has 0 bridgehead atoms. The lowest BCUT2D eigenvalue weighted by atomic mass is 10.4. The zero-order valence-electron chi connectivity index (χ0n) is 3.41. The molecule has 0 radical (unpaired) electrons. The van der Waals surface area contributed by atoms with Crippen LogP contribution in [0.1, 0.15) is 26.7 Å². The Morgan fingerprint density at radius 2 is 1.20 bits per heavy atom. The van der Waals surface area contributed by atoms with E-state index in [0.29, 0.717) is 0 Å². The average Bonchev–Trinajstić information content (AvgIpc) is 1.37. The third-order valence-electron chi connectivity index (χ3n) is 0.500. The molecular weight excluding hydrogens is 72.3 g/mol. The van der Waals surface area contributed by atoms with Crippen LogP contribution >= 0.6 is 0 Å². The predicted octanol–water partition coefficient (Wildman–Crippen LogP) is 0.890. The lowest BCUT2D eigenvalue weighted by Crippen LogP contribution is -1.47. The van der Waals surface area contributed by atoms with Gasteiger partial charge in [-0.2, -0.15) is 0 Å². The number of rotatable bonds is 1. The van der Waals surface area contributed by atoms with Gasteiger partial charge in [0.05, 0.1) is 0 Å². The molecule has 0 atom stereocenters. The van der Waals surface area contributed by atoms with Gasteiger partial charge in [-0.05, 0) is 0 Å². The maximum absolute atomic E-state index is 2.18. The van der Waals surface area contributed by atoms with Crippen LogP contribution in [0.4, 0.5) is 0 Å². The van der Waals surface area contributed by atoms with Gasteiger partial charge < -0.3 is 0 Å². The largest absolute Gasteiger partial charge is 0.316 e. The highest BCUT2D eigenvalue weighted by Gasteiger charge is 1.56. The standard InChI is InChI=1S/C4H10.Mg.2H/c1-3-4-2;;;/h3-4H2,1-2H3;;;. The van der Waals surface area contributed by atoms with E-state index in [4.69, 9.17) is 0 Å². The lowest BCUT2D eigenvalue weighted by molar-refractivity contribution is 0.886. The summed E-state index contributed by atoms with van der Waals surface area (Å²) in [6.07, 6.45) is 2.64. The molecule has 0 rings (SSSR count). The molecule has 0 spiro atoms. The van der Waals surface area contributed by atoms with E-state index >= 15 is 0 Å². The normalized spacial score (nSPS) is 6.00. The Bertz CT molecular complexity index is 5.61. The van der Waals surface area contributed by atoms with E-state index in [-0.39, 0.29) is 23.1 Å². The topological polar surface area (TPSA) is 0 Å². The molecular formula is C4H12Mg. The first-order valence-electron chi connectivity index (χ1n) is 1.91. The summed E-state index contributed by atoms with van der Waals surface area (Å²) in [5, 5.41) is 0. The molecule has 0 N–H and O–H groups in total. The van der Waals surface area contributed by atoms with Crippen molar-refractivity contribution in [2.24, 2.45) is 0 Å². The minimum atomic E-state index is 0. The number of hydrogen-bond acceptors (Lipinski definition) is 0. The van der Waals surface area contributed by atoms with Crippen LogP contribution in [-0.4, -0.2) is 23.1 Å². The second-order valence-corrected chi connectivity index (χ2v) is 1.000. The molecule has 0 heterocycles. The molecule has 0 aromatic carbocycles. The van der Waals surface area contributed by atoms with E-state index in [1.165, 1.54) is 12.8 Å². The SMILES string of the molecule is CCCC.[MgH2]. The summed E-state index contributed by atoms with van der Waals surface area (Å²) in [5.41, 5.74) is 0. The highest BCUT2D eigenvalue weighted by molar-refractivity contribution is 5.75. The van der Waals surface area contributed by atoms with Crippen molar-refractivity contribution in [1.29, 1.82) is 0 Å². The van der Waals surface area contributed by atoms with Crippen molar-refractivity contribution in [2.75, 3.05) is 0 Å². The predicted molar refractivity (Wildman–Crippen MR) is 29.1 cm³/mol. The second kappa shape index (κ2) is 8.84. The van der Waals surface area contributed by atoms with Crippen LogP contribution in [0.3, 0.4) is 0 Å². The first kappa shape index (κ1) is 9.23. The molecule has 0 aliphatic heterocycles. The van der Waals surface area contributed by atoms with Gasteiger partial charge in [0.1, 0.15) is 0 Å². The highest BCUT2D eigenvalue weighted by atomic mass is 24.3. The van der Waals surface area contributed by atoms with Crippen molar-refractivity contribution in [2.45, 2.75) is 26.7 Å². The highest BCUT2D eigenvalue weighted by Crippen LogP contribution is 1.76. The van der Waals surface area contributed by atoms with Crippen molar-refractivity contribution in [3.8, 4) is 0 Å². The zero-order chi connectivity index (χ0) is 3.41. The van der Waals surface area contributed by atoms with Gasteiger partial charge in [-0.25, -0.2) is 0 Å². The van der Waals surface area contributed by atoms with Crippen molar-refractivity contribution < 1.29 is 0 Å². The molecule has 5 heavy (non-hydrogen) atoms. The van der Waals surface area contributed by atoms with Gasteiger partial charge in [-0.1, -0.05) is 26.7 Å². The lowest BCUT2D eigenvalue weighted by Gasteiger charge is -1.68. The van der Waals surface area contributed by atoms with Gasteiger partial charge in [0.15, 0.2) is 0 Å². The van der Waals surface area contributed by atoms with Crippen LogP contribution < -0.4 is 0 Å². The summed E-state index contributed by atoms with van der Waals surface area (Å²) >= 11 is 0. The molecule has 0 fully saturated rings. The summed E-state index contributed by atoms with van der Waals surface area (Å²) in [5.74, 6) is 0. The van der Waals surface area contributed by atoms with Crippen LogP contribution in [0.2, 0.25) is 0 Å². The van der Waals surface area contributed by atoms with E-state index in [2.05, 4.69) is 13.8 Å². The maximum Gasteiger partial charge on any atom is 0.316 e. The monoisotopic (exact) mass is 84.1 g/mol. The van der Waals surface area contributed by atoms with Gasteiger partial charge in [-0.15, -0.1) is 0 Å². The van der Waals surface area contributed by atoms with E-state index in [9.17, 15) is 0 Å². The van der Waals surface area contributed by atoms with Crippen molar-refractivity contribution in [3.05, 3.63) is 0 Å². The zero-order valence-corrected chi connectivity index (χ0v) is 3.41. The molecule has 0 aromatic rings.